The number of ether oxygens (including phenoxy) is 1. The van der Waals surface area contributed by atoms with Gasteiger partial charge in [0.05, 0.1) is 18.2 Å². The maximum absolute atomic E-state index is 12.0. The number of nitrogens with one attached hydrogen (secondary N) is 3. The molecule has 2 heterocycles. The first-order valence-corrected chi connectivity index (χ1v) is 9.99. The van der Waals surface area contributed by atoms with Gasteiger partial charge in [-0.3, -0.25) is 14.8 Å². The lowest BCUT2D eigenvalue weighted by Gasteiger charge is -2.23. The summed E-state index contributed by atoms with van der Waals surface area (Å²) < 4.78 is 5.32. The third kappa shape index (κ3) is 7.97. The van der Waals surface area contributed by atoms with Crippen molar-refractivity contribution in [2.45, 2.75) is 45.8 Å². The molecule has 1 aromatic rings. The Morgan fingerprint density at radius 2 is 2.14 bits per heavy atom. The minimum atomic E-state index is -0.515. The van der Waals surface area contributed by atoms with Gasteiger partial charge in [-0.1, -0.05) is 0 Å². The van der Waals surface area contributed by atoms with Crippen molar-refractivity contribution < 1.29 is 14.3 Å². The molecule has 0 aliphatic carbocycles. The Bertz CT molecular complexity index is 702. The molecule has 1 atom stereocenters. The number of carbonyl (C=O) groups is 2. The van der Waals surface area contributed by atoms with Gasteiger partial charge >= 0.3 is 6.09 Å². The second-order valence-electron chi connectivity index (χ2n) is 7.81. The lowest BCUT2D eigenvalue weighted by molar-refractivity contribution is 0.0507. The largest absolute Gasteiger partial charge is 0.444 e. The van der Waals surface area contributed by atoms with Crippen LogP contribution in [0.25, 0.3) is 0 Å². The lowest BCUT2D eigenvalue weighted by Crippen LogP contribution is -2.44. The van der Waals surface area contributed by atoms with E-state index in [-0.39, 0.29) is 11.9 Å². The molecule has 1 aliphatic rings. The van der Waals surface area contributed by atoms with Crippen LogP contribution in [0.2, 0.25) is 0 Å². The zero-order valence-corrected chi connectivity index (χ0v) is 17.7. The Labute approximate surface area is 172 Å². The Morgan fingerprint density at radius 1 is 1.34 bits per heavy atom. The number of pyridine rings is 1. The van der Waals surface area contributed by atoms with E-state index in [4.69, 9.17) is 4.74 Å². The summed E-state index contributed by atoms with van der Waals surface area (Å²) in [6.07, 6.45) is 3.58. The second kappa shape index (κ2) is 10.6. The van der Waals surface area contributed by atoms with Gasteiger partial charge in [0, 0.05) is 38.6 Å². The fourth-order valence-electron chi connectivity index (χ4n) is 2.90. The van der Waals surface area contributed by atoms with Crippen molar-refractivity contribution in [3.05, 3.63) is 30.1 Å². The Balaban J connectivity index is 1.81. The fraction of sp³-hybridized carbons (Fsp3) is 0.600. The van der Waals surface area contributed by atoms with Crippen LogP contribution in [0.5, 0.6) is 0 Å². The van der Waals surface area contributed by atoms with Crippen molar-refractivity contribution in [3.63, 3.8) is 0 Å². The molecule has 1 fully saturated rings. The van der Waals surface area contributed by atoms with Gasteiger partial charge in [-0.2, -0.15) is 0 Å². The standard InChI is InChI=1S/C20H32N6O3/c1-5-22-18(24-11-10-23-17(27)15-7-6-9-21-13-15)26-12-8-16(14-26)25-19(28)29-20(2,3)4/h6-7,9,13,16H,5,8,10-12,14H2,1-4H3,(H,22,24)(H,23,27)(H,25,28). The maximum Gasteiger partial charge on any atom is 0.407 e. The van der Waals surface area contributed by atoms with Crippen LogP contribution in [-0.4, -0.2) is 72.2 Å². The number of guanidine groups is 1. The Hall–Kier alpha value is -2.84. The number of hydrogen-bond donors (Lipinski definition) is 3. The first-order chi connectivity index (χ1) is 13.8. The van der Waals surface area contributed by atoms with Crippen LogP contribution in [0, 0.1) is 0 Å². The highest BCUT2D eigenvalue weighted by atomic mass is 16.6. The van der Waals surface area contributed by atoms with Gasteiger partial charge in [0.1, 0.15) is 5.60 Å². The highest BCUT2D eigenvalue weighted by Crippen LogP contribution is 2.12. The van der Waals surface area contributed by atoms with Crippen molar-refractivity contribution in [1.82, 2.24) is 25.8 Å². The van der Waals surface area contributed by atoms with E-state index in [1.54, 1.807) is 18.3 Å². The van der Waals surface area contributed by atoms with E-state index < -0.39 is 11.7 Å². The quantitative estimate of drug-likeness (QED) is 0.376. The zero-order chi connectivity index (χ0) is 21.3. The summed E-state index contributed by atoms with van der Waals surface area (Å²) in [4.78, 5) is 34.6. The predicted molar refractivity (Wildman–Crippen MR) is 112 cm³/mol. The number of aromatic nitrogens is 1. The normalized spacial score (nSPS) is 17.0. The molecule has 2 rings (SSSR count). The van der Waals surface area contributed by atoms with Gasteiger partial charge in [0.25, 0.3) is 5.91 Å². The summed E-state index contributed by atoms with van der Waals surface area (Å²) in [5.41, 5.74) is 0.0120. The van der Waals surface area contributed by atoms with Gasteiger partial charge in [-0.25, -0.2) is 4.79 Å². The van der Waals surface area contributed by atoms with E-state index in [1.807, 2.05) is 27.7 Å². The molecule has 9 heteroatoms. The number of alkyl carbamates (subject to hydrolysis) is 1. The van der Waals surface area contributed by atoms with Crippen LogP contribution in [0.4, 0.5) is 4.79 Å². The van der Waals surface area contributed by atoms with Crippen LogP contribution < -0.4 is 16.0 Å². The summed E-state index contributed by atoms with van der Waals surface area (Å²) in [6, 6.07) is 3.46. The van der Waals surface area contributed by atoms with Crippen molar-refractivity contribution >= 4 is 18.0 Å². The van der Waals surface area contributed by atoms with Crippen LogP contribution in [-0.2, 0) is 4.74 Å². The Kier molecular flexibility index (Phi) is 8.23. The summed E-state index contributed by atoms with van der Waals surface area (Å²) in [5, 5.41) is 9.02. The fourth-order valence-corrected chi connectivity index (χ4v) is 2.90. The molecular formula is C20H32N6O3. The molecule has 0 aromatic carbocycles. The summed E-state index contributed by atoms with van der Waals surface area (Å²) in [7, 11) is 0. The number of nitrogens with zero attached hydrogens (tertiary/aromatic N) is 3. The molecule has 1 aromatic heterocycles. The van der Waals surface area contributed by atoms with E-state index in [9.17, 15) is 9.59 Å². The molecule has 3 N–H and O–H groups in total. The number of carbonyl (C=O) groups excluding carboxylic acids is 2. The molecule has 1 saturated heterocycles. The molecule has 0 bridgehead atoms. The first-order valence-electron chi connectivity index (χ1n) is 9.99. The maximum atomic E-state index is 12.0. The third-order valence-electron chi connectivity index (χ3n) is 4.13. The molecule has 1 aliphatic heterocycles. The molecule has 1 unspecified atom stereocenters. The minimum absolute atomic E-state index is 0.0130. The van der Waals surface area contributed by atoms with Gasteiger partial charge in [-0.15, -0.1) is 0 Å². The molecule has 29 heavy (non-hydrogen) atoms. The summed E-state index contributed by atoms with van der Waals surface area (Å²) in [6.45, 7) is 10.6. The zero-order valence-electron chi connectivity index (χ0n) is 17.7. The number of amides is 2. The predicted octanol–water partition coefficient (Wildman–Crippen LogP) is 1.38. The van der Waals surface area contributed by atoms with Crippen LogP contribution in [0.3, 0.4) is 0 Å². The molecule has 160 valence electrons. The number of likely N-dealkylation sites (tertiary alicyclic amines) is 1. The summed E-state index contributed by atoms with van der Waals surface area (Å²) >= 11 is 0. The average molecular weight is 405 g/mol. The van der Waals surface area contributed by atoms with Crippen molar-refractivity contribution in [2.75, 3.05) is 32.7 Å². The van der Waals surface area contributed by atoms with Gasteiger partial charge in [-0.05, 0) is 46.2 Å². The van der Waals surface area contributed by atoms with Crippen molar-refractivity contribution in [3.8, 4) is 0 Å². The Morgan fingerprint density at radius 3 is 2.79 bits per heavy atom. The van der Waals surface area contributed by atoms with Crippen molar-refractivity contribution in [1.29, 1.82) is 0 Å². The second-order valence-corrected chi connectivity index (χ2v) is 7.81. The molecule has 2 amide bonds. The van der Waals surface area contributed by atoms with Crippen molar-refractivity contribution in [2.24, 2.45) is 4.99 Å². The smallest absolute Gasteiger partial charge is 0.407 e. The molecule has 0 saturated carbocycles. The van der Waals surface area contributed by atoms with E-state index in [1.165, 1.54) is 6.20 Å². The van der Waals surface area contributed by atoms with E-state index in [0.29, 0.717) is 25.2 Å². The topological polar surface area (TPSA) is 108 Å². The van der Waals surface area contributed by atoms with Gasteiger partial charge < -0.3 is 25.6 Å². The van der Waals surface area contributed by atoms with Gasteiger partial charge in [0.15, 0.2) is 5.96 Å². The molecule has 0 radical (unpaired) electrons. The van der Waals surface area contributed by atoms with E-state index in [2.05, 4.69) is 30.8 Å². The van der Waals surface area contributed by atoms with E-state index in [0.717, 1.165) is 25.5 Å². The summed E-state index contributed by atoms with van der Waals surface area (Å²) in [5.74, 6) is 0.609. The van der Waals surface area contributed by atoms with Gasteiger partial charge in [0.2, 0.25) is 0 Å². The average Bonchev–Trinajstić information content (AvgIpc) is 3.11. The molecule has 0 spiro atoms. The van der Waals surface area contributed by atoms with Crippen LogP contribution in [0.1, 0.15) is 44.5 Å². The minimum Gasteiger partial charge on any atom is -0.444 e. The first kappa shape index (κ1) is 22.4. The number of aliphatic imine (C=N–C) groups is 1. The lowest BCUT2D eigenvalue weighted by atomic mass is 10.2. The number of rotatable bonds is 6. The molecular weight excluding hydrogens is 372 g/mol. The van der Waals surface area contributed by atoms with Crippen LogP contribution in [0.15, 0.2) is 29.5 Å². The monoisotopic (exact) mass is 404 g/mol. The molecule has 9 nitrogen and oxygen atoms in total. The van der Waals surface area contributed by atoms with Crippen LogP contribution >= 0.6 is 0 Å². The third-order valence-corrected chi connectivity index (χ3v) is 4.13. The highest BCUT2D eigenvalue weighted by molar-refractivity contribution is 5.93. The number of hydrogen-bond acceptors (Lipinski definition) is 5. The van der Waals surface area contributed by atoms with E-state index >= 15 is 0 Å². The SMILES string of the molecule is CCNC(=NCCNC(=O)c1cccnc1)N1CCC(NC(=O)OC(C)(C)C)C1. The highest BCUT2D eigenvalue weighted by Gasteiger charge is 2.27.